The summed E-state index contributed by atoms with van der Waals surface area (Å²) in [5, 5.41) is 0. The van der Waals surface area contributed by atoms with Gasteiger partial charge in [-0.1, -0.05) is 128 Å². The number of benzene rings is 1. The molecule has 0 saturated carbocycles. The molecule has 2 heteroatoms. The van der Waals surface area contributed by atoms with Gasteiger partial charge in [0.25, 0.3) is 0 Å². The second kappa shape index (κ2) is 20.7. The van der Waals surface area contributed by atoms with Gasteiger partial charge in [-0.05, 0) is 51.2 Å². The average molecular weight is 445 g/mol. The minimum Gasteiger partial charge on any atom is -0.302 e. The molecule has 1 aromatic carbocycles. The Morgan fingerprint density at radius 3 is 1.03 bits per heavy atom. The fourth-order valence-electron chi connectivity index (χ4n) is 4.56. The predicted molar refractivity (Wildman–Crippen MR) is 144 cm³/mol. The van der Waals surface area contributed by atoms with Crippen LogP contribution in [0.5, 0.6) is 0 Å². The van der Waals surface area contributed by atoms with Crippen molar-refractivity contribution in [1.82, 2.24) is 9.80 Å². The smallest absolute Gasteiger partial charge is 0.0230 e. The minimum absolute atomic E-state index is 1.07. The first-order chi connectivity index (χ1) is 15.7. The van der Waals surface area contributed by atoms with Crippen molar-refractivity contribution in [2.75, 3.05) is 27.2 Å². The summed E-state index contributed by atoms with van der Waals surface area (Å²) in [6.07, 6.45) is 22.4. The molecule has 0 aliphatic carbocycles. The van der Waals surface area contributed by atoms with E-state index in [1.165, 1.54) is 127 Å². The van der Waals surface area contributed by atoms with E-state index < -0.39 is 0 Å². The summed E-state index contributed by atoms with van der Waals surface area (Å²) < 4.78 is 0. The van der Waals surface area contributed by atoms with E-state index in [1.54, 1.807) is 0 Å². The van der Waals surface area contributed by atoms with Gasteiger partial charge in [0.1, 0.15) is 0 Å². The van der Waals surface area contributed by atoms with Crippen LogP contribution in [-0.4, -0.2) is 37.0 Å². The number of unbranched alkanes of at least 4 members (excludes halogenated alkanes) is 14. The summed E-state index contributed by atoms with van der Waals surface area (Å²) in [7, 11) is 4.54. The monoisotopic (exact) mass is 444 g/mol. The standard InChI is InChI=1S/C30H56N2/c1-5-7-9-11-13-15-17-19-25-31(3)27-29-21-23-30(24-22-29)28-32(4)26-20-18-16-14-12-10-8-6-2/h21-24H,5-20,25-28H2,1-4H3. The Kier molecular flexibility index (Phi) is 18.9. The van der Waals surface area contributed by atoms with Crippen LogP contribution in [-0.2, 0) is 13.1 Å². The summed E-state index contributed by atoms with van der Waals surface area (Å²) in [5.74, 6) is 0. The average Bonchev–Trinajstić information content (AvgIpc) is 2.78. The molecule has 0 N–H and O–H groups in total. The van der Waals surface area contributed by atoms with Crippen LogP contribution < -0.4 is 0 Å². The lowest BCUT2D eigenvalue weighted by Gasteiger charge is -2.18. The van der Waals surface area contributed by atoms with Gasteiger partial charge in [-0.15, -0.1) is 0 Å². The third kappa shape index (κ3) is 16.7. The van der Waals surface area contributed by atoms with Crippen LogP contribution >= 0.6 is 0 Å². The minimum atomic E-state index is 1.07. The summed E-state index contributed by atoms with van der Waals surface area (Å²) in [6, 6.07) is 9.35. The Morgan fingerprint density at radius 2 is 0.719 bits per heavy atom. The van der Waals surface area contributed by atoms with E-state index >= 15 is 0 Å². The van der Waals surface area contributed by atoms with E-state index in [4.69, 9.17) is 0 Å². The molecule has 0 saturated heterocycles. The predicted octanol–water partition coefficient (Wildman–Crippen LogP) is 8.83. The molecule has 0 aromatic heterocycles. The van der Waals surface area contributed by atoms with Crippen molar-refractivity contribution in [3.05, 3.63) is 35.4 Å². The van der Waals surface area contributed by atoms with Crippen LogP contribution in [0.2, 0.25) is 0 Å². The fourth-order valence-corrected chi connectivity index (χ4v) is 4.56. The molecule has 0 unspecified atom stereocenters. The maximum atomic E-state index is 2.49. The van der Waals surface area contributed by atoms with Gasteiger partial charge in [0.15, 0.2) is 0 Å². The van der Waals surface area contributed by atoms with Crippen molar-refractivity contribution in [3.8, 4) is 0 Å². The molecular weight excluding hydrogens is 388 g/mol. The number of rotatable bonds is 22. The van der Waals surface area contributed by atoms with Gasteiger partial charge in [0, 0.05) is 13.1 Å². The molecule has 0 aliphatic heterocycles. The summed E-state index contributed by atoms with van der Waals surface area (Å²) in [6.45, 7) is 9.17. The number of nitrogens with zero attached hydrogens (tertiary/aromatic N) is 2. The first-order valence-corrected chi connectivity index (χ1v) is 14.1. The van der Waals surface area contributed by atoms with Crippen LogP contribution in [0.25, 0.3) is 0 Å². The lowest BCUT2D eigenvalue weighted by atomic mass is 10.1. The van der Waals surface area contributed by atoms with Crippen molar-refractivity contribution in [1.29, 1.82) is 0 Å². The quantitative estimate of drug-likeness (QED) is 0.165. The molecule has 0 amide bonds. The van der Waals surface area contributed by atoms with Crippen LogP contribution in [0.3, 0.4) is 0 Å². The van der Waals surface area contributed by atoms with E-state index in [2.05, 4.69) is 62.0 Å². The zero-order valence-corrected chi connectivity index (χ0v) is 22.3. The molecule has 0 spiro atoms. The van der Waals surface area contributed by atoms with Crippen molar-refractivity contribution >= 4 is 0 Å². The van der Waals surface area contributed by atoms with Gasteiger partial charge in [-0.3, -0.25) is 0 Å². The molecule has 1 rings (SSSR count). The van der Waals surface area contributed by atoms with E-state index in [-0.39, 0.29) is 0 Å². The van der Waals surface area contributed by atoms with Crippen molar-refractivity contribution < 1.29 is 0 Å². The lowest BCUT2D eigenvalue weighted by molar-refractivity contribution is 0.314. The highest BCUT2D eigenvalue weighted by Crippen LogP contribution is 2.13. The van der Waals surface area contributed by atoms with E-state index in [1.807, 2.05) is 0 Å². The Balaban J connectivity index is 2.08. The van der Waals surface area contributed by atoms with Crippen molar-refractivity contribution in [2.45, 2.75) is 130 Å². The molecule has 0 aliphatic rings. The van der Waals surface area contributed by atoms with Crippen LogP contribution in [0.1, 0.15) is 128 Å². The summed E-state index contributed by atoms with van der Waals surface area (Å²) in [5.41, 5.74) is 2.89. The highest BCUT2D eigenvalue weighted by atomic mass is 15.1. The number of hydrogen-bond acceptors (Lipinski definition) is 2. The van der Waals surface area contributed by atoms with E-state index in [0.717, 1.165) is 13.1 Å². The van der Waals surface area contributed by atoms with E-state index in [9.17, 15) is 0 Å². The van der Waals surface area contributed by atoms with Gasteiger partial charge in [-0.25, -0.2) is 0 Å². The fraction of sp³-hybridized carbons (Fsp3) is 0.800. The molecule has 186 valence electrons. The zero-order valence-electron chi connectivity index (χ0n) is 22.3. The van der Waals surface area contributed by atoms with Gasteiger partial charge in [-0.2, -0.15) is 0 Å². The zero-order chi connectivity index (χ0) is 23.3. The first kappa shape index (κ1) is 29.2. The highest BCUT2D eigenvalue weighted by molar-refractivity contribution is 5.22. The molecule has 0 radical (unpaired) electrons. The lowest BCUT2D eigenvalue weighted by Crippen LogP contribution is -2.20. The Bertz CT molecular complexity index is 463. The number of hydrogen-bond donors (Lipinski definition) is 0. The molecule has 0 atom stereocenters. The molecule has 0 heterocycles. The van der Waals surface area contributed by atoms with Gasteiger partial charge < -0.3 is 9.80 Å². The van der Waals surface area contributed by atoms with Gasteiger partial charge in [0.05, 0.1) is 0 Å². The van der Waals surface area contributed by atoms with E-state index in [0.29, 0.717) is 0 Å². The van der Waals surface area contributed by atoms with Crippen LogP contribution in [0.4, 0.5) is 0 Å². The second-order valence-electron chi connectivity index (χ2n) is 10.2. The Labute approximate surface area is 202 Å². The summed E-state index contributed by atoms with van der Waals surface area (Å²) >= 11 is 0. The third-order valence-corrected chi connectivity index (χ3v) is 6.71. The Hall–Kier alpha value is -0.860. The van der Waals surface area contributed by atoms with Crippen molar-refractivity contribution in [2.24, 2.45) is 0 Å². The molecule has 0 bridgehead atoms. The highest BCUT2D eigenvalue weighted by Gasteiger charge is 2.04. The van der Waals surface area contributed by atoms with Crippen molar-refractivity contribution in [3.63, 3.8) is 0 Å². The molecular formula is C30H56N2. The third-order valence-electron chi connectivity index (χ3n) is 6.71. The van der Waals surface area contributed by atoms with Crippen LogP contribution in [0.15, 0.2) is 24.3 Å². The van der Waals surface area contributed by atoms with Crippen LogP contribution in [0, 0.1) is 0 Å². The first-order valence-electron chi connectivity index (χ1n) is 14.1. The summed E-state index contributed by atoms with van der Waals surface area (Å²) in [4.78, 5) is 4.97. The molecule has 1 aromatic rings. The SMILES string of the molecule is CCCCCCCCCCN(C)Cc1ccc(CN(C)CCCCCCCCCC)cc1. The second-order valence-corrected chi connectivity index (χ2v) is 10.2. The Morgan fingerprint density at radius 1 is 0.438 bits per heavy atom. The molecule has 32 heavy (non-hydrogen) atoms. The van der Waals surface area contributed by atoms with Gasteiger partial charge >= 0.3 is 0 Å². The normalized spacial score (nSPS) is 11.7. The maximum absolute atomic E-state index is 2.49. The molecule has 0 fully saturated rings. The topological polar surface area (TPSA) is 6.48 Å². The van der Waals surface area contributed by atoms with Gasteiger partial charge in [0.2, 0.25) is 0 Å². The molecule has 2 nitrogen and oxygen atoms in total. The maximum Gasteiger partial charge on any atom is 0.0230 e. The largest absolute Gasteiger partial charge is 0.302 e.